The van der Waals surface area contributed by atoms with Crippen LogP contribution < -0.4 is 5.32 Å². The summed E-state index contributed by atoms with van der Waals surface area (Å²) in [6.07, 6.45) is 4.38. The summed E-state index contributed by atoms with van der Waals surface area (Å²) in [6, 6.07) is 6.46. The highest BCUT2D eigenvalue weighted by molar-refractivity contribution is 5.67. The molecule has 1 aromatic carbocycles. The molecule has 0 saturated carbocycles. The maximum Gasteiger partial charge on any atom is 0.280 e. The van der Waals surface area contributed by atoms with Gasteiger partial charge in [-0.3, -0.25) is 10.1 Å². The summed E-state index contributed by atoms with van der Waals surface area (Å²) in [5, 5.41) is 18.3. The molecule has 1 aliphatic heterocycles. The molecule has 7 nitrogen and oxygen atoms in total. The first-order valence-corrected chi connectivity index (χ1v) is 7.06. The molecular formula is C14H16N4O3. The second kappa shape index (κ2) is 6.01. The van der Waals surface area contributed by atoms with Gasteiger partial charge in [-0.1, -0.05) is 30.1 Å². The summed E-state index contributed by atoms with van der Waals surface area (Å²) in [4.78, 5) is 15.0. The molecule has 1 saturated heterocycles. The van der Waals surface area contributed by atoms with Gasteiger partial charge in [0.05, 0.1) is 11.0 Å². The molecule has 1 N–H and O–H groups in total. The molecule has 110 valence electrons. The molecule has 2 heterocycles. The van der Waals surface area contributed by atoms with Crippen LogP contribution in [0.15, 0.2) is 28.8 Å². The Morgan fingerprint density at radius 3 is 3.00 bits per heavy atom. The van der Waals surface area contributed by atoms with Crippen LogP contribution in [0.5, 0.6) is 0 Å². The van der Waals surface area contributed by atoms with E-state index in [1.807, 2.05) is 0 Å². The fraction of sp³-hybridized carbons (Fsp3) is 0.429. The second-order valence-corrected chi connectivity index (χ2v) is 5.09. The first-order chi connectivity index (χ1) is 10.3. The Labute approximate surface area is 121 Å². The zero-order valence-electron chi connectivity index (χ0n) is 11.5. The number of nitro benzene ring substituents is 1. The summed E-state index contributed by atoms with van der Waals surface area (Å²) in [5.41, 5.74) is 0.366. The maximum atomic E-state index is 11.1. The van der Waals surface area contributed by atoms with Crippen molar-refractivity contribution < 1.29 is 9.45 Å². The van der Waals surface area contributed by atoms with Crippen LogP contribution in [0, 0.1) is 10.1 Å². The molecule has 21 heavy (non-hydrogen) atoms. The zero-order chi connectivity index (χ0) is 14.7. The van der Waals surface area contributed by atoms with E-state index in [2.05, 4.69) is 15.5 Å². The van der Waals surface area contributed by atoms with Gasteiger partial charge < -0.3 is 9.84 Å². The summed E-state index contributed by atoms with van der Waals surface area (Å²) < 4.78 is 5.30. The van der Waals surface area contributed by atoms with Crippen molar-refractivity contribution in [2.45, 2.75) is 31.7 Å². The van der Waals surface area contributed by atoms with E-state index in [1.165, 1.54) is 12.5 Å². The average molecular weight is 288 g/mol. The van der Waals surface area contributed by atoms with Crippen molar-refractivity contribution in [3.05, 3.63) is 40.3 Å². The molecule has 0 amide bonds. The van der Waals surface area contributed by atoms with Gasteiger partial charge in [0.25, 0.3) is 5.69 Å². The van der Waals surface area contributed by atoms with Crippen LogP contribution in [-0.2, 0) is 0 Å². The molecule has 1 atom stereocenters. The van der Waals surface area contributed by atoms with Crippen LogP contribution in [0.4, 0.5) is 5.69 Å². The van der Waals surface area contributed by atoms with Gasteiger partial charge in [-0.15, -0.1) is 0 Å². The SMILES string of the molecule is O=[N+]([O-])c1ccccc1-c1noc(C2CCCCCN2)n1. The second-order valence-electron chi connectivity index (χ2n) is 5.09. The van der Waals surface area contributed by atoms with Crippen LogP contribution in [-0.4, -0.2) is 21.6 Å². The van der Waals surface area contributed by atoms with E-state index in [4.69, 9.17) is 4.52 Å². The van der Waals surface area contributed by atoms with E-state index in [9.17, 15) is 10.1 Å². The third-order valence-corrected chi connectivity index (χ3v) is 3.64. The first-order valence-electron chi connectivity index (χ1n) is 7.06. The first kappa shape index (κ1) is 13.7. The lowest BCUT2D eigenvalue weighted by molar-refractivity contribution is -0.384. The minimum absolute atomic E-state index is 0.0151. The van der Waals surface area contributed by atoms with Gasteiger partial charge in [0, 0.05) is 6.07 Å². The van der Waals surface area contributed by atoms with Gasteiger partial charge in [-0.2, -0.15) is 4.98 Å². The fourth-order valence-electron chi connectivity index (χ4n) is 2.55. The van der Waals surface area contributed by atoms with Crippen molar-refractivity contribution in [3.63, 3.8) is 0 Å². The minimum Gasteiger partial charge on any atom is -0.337 e. The standard InChI is InChI=1S/C14H16N4O3/c19-18(20)12-8-4-3-6-10(12)13-16-14(21-17-13)11-7-2-1-5-9-15-11/h3-4,6,8,11,15H,1-2,5,7,9H2. The highest BCUT2D eigenvalue weighted by atomic mass is 16.6. The predicted molar refractivity (Wildman–Crippen MR) is 75.6 cm³/mol. The Kier molecular flexibility index (Phi) is 3.92. The topological polar surface area (TPSA) is 94.1 Å². The van der Waals surface area contributed by atoms with Crippen LogP contribution in [0.2, 0.25) is 0 Å². The van der Waals surface area contributed by atoms with Gasteiger partial charge in [-0.25, -0.2) is 0 Å². The molecule has 0 spiro atoms. The lowest BCUT2D eigenvalue weighted by atomic mass is 10.1. The molecule has 1 unspecified atom stereocenters. The normalized spacial score (nSPS) is 19.1. The Bertz CT molecular complexity index is 633. The molecule has 2 aromatic rings. The molecule has 1 aromatic heterocycles. The van der Waals surface area contributed by atoms with E-state index >= 15 is 0 Å². The molecular weight excluding hydrogens is 272 g/mol. The number of benzene rings is 1. The third kappa shape index (κ3) is 2.92. The number of nitrogens with zero attached hydrogens (tertiary/aromatic N) is 3. The number of aromatic nitrogens is 2. The fourth-order valence-corrected chi connectivity index (χ4v) is 2.55. The quantitative estimate of drug-likeness (QED) is 0.689. The van der Waals surface area contributed by atoms with Crippen molar-refractivity contribution >= 4 is 5.69 Å². The summed E-state index contributed by atoms with van der Waals surface area (Å²) in [7, 11) is 0. The van der Waals surface area contributed by atoms with E-state index in [-0.39, 0.29) is 17.6 Å². The smallest absolute Gasteiger partial charge is 0.280 e. The molecule has 7 heteroatoms. The molecule has 0 radical (unpaired) electrons. The van der Waals surface area contributed by atoms with Crippen molar-refractivity contribution in [3.8, 4) is 11.4 Å². The Balaban J connectivity index is 1.89. The van der Waals surface area contributed by atoms with Gasteiger partial charge >= 0.3 is 0 Å². The third-order valence-electron chi connectivity index (χ3n) is 3.64. The summed E-state index contributed by atoms with van der Waals surface area (Å²) >= 11 is 0. The van der Waals surface area contributed by atoms with Crippen molar-refractivity contribution in [2.24, 2.45) is 0 Å². The number of rotatable bonds is 3. The van der Waals surface area contributed by atoms with E-state index < -0.39 is 4.92 Å². The number of hydrogen-bond acceptors (Lipinski definition) is 6. The number of nitro groups is 1. The van der Waals surface area contributed by atoms with E-state index in [0.717, 1.165) is 25.8 Å². The highest BCUT2D eigenvalue weighted by Gasteiger charge is 2.23. The van der Waals surface area contributed by atoms with E-state index in [1.54, 1.807) is 18.2 Å². The number of nitrogens with one attached hydrogen (secondary N) is 1. The van der Waals surface area contributed by atoms with Crippen LogP contribution in [0.1, 0.15) is 37.6 Å². The largest absolute Gasteiger partial charge is 0.337 e. The number of hydrogen-bond donors (Lipinski definition) is 1. The Morgan fingerprint density at radius 1 is 1.29 bits per heavy atom. The lowest BCUT2D eigenvalue weighted by Crippen LogP contribution is -2.20. The molecule has 3 rings (SSSR count). The molecule has 0 aliphatic carbocycles. The van der Waals surface area contributed by atoms with Gasteiger partial charge in [0.15, 0.2) is 0 Å². The average Bonchev–Trinajstić information content (AvgIpc) is 2.83. The molecule has 0 bridgehead atoms. The van der Waals surface area contributed by atoms with Gasteiger partial charge in [0.2, 0.25) is 11.7 Å². The van der Waals surface area contributed by atoms with Gasteiger partial charge in [0.1, 0.15) is 5.56 Å². The van der Waals surface area contributed by atoms with Crippen molar-refractivity contribution in [1.29, 1.82) is 0 Å². The maximum absolute atomic E-state index is 11.1. The lowest BCUT2D eigenvalue weighted by Gasteiger charge is -2.09. The predicted octanol–water partition coefficient (Wildman–Crippen LogP) is 2.85. The van der Waals surface area contributed by atoms with Crippen LogP contribution in [0.25, 0.3) is 11.4 Å². The summed E-state index contributed by atoms with van der Waals surface area (Å²) in [5.74, 6) is 0.772. The number of para-hydroxylation sites is 1. The van der Waals surface area contributed by atoms with Crippen LogP contribution in [0.3, 0.4) is 0 Å². The highest BCUT2D eigenvalue weighted by Crippen LogP contribution is 2.29. The monoisotopic (exact) mass is 288 g/mol. The minimum atomic E-state index is -0.435. The van der Waals surface area contributed by atoms with Crippen molar-refractivity contribution in [1.82, 2.24) is 15.5 Å². The molecule has 1 fully saturated rings. The summed E-state index contributed by atoms with van der Waals surface area (Å²) in [6.45, 7) is 0.924. The van der Waals surface area contributed by atoms with E-state index in [0.29, 0.717) is 11.5 Å². The van der Waals surface area contributed by atoms with Crippen molar-refractivity contribution in [2.75, 3.05) is 6.54 Å². The molecule has 1 aliphatic rings. The van der Waals surface area contributed by atoms with Crippen LogP contribution >= 0.6 is 0 Å². The van der Waals surface area contributed by atoms with Gasteiger partial charge in [-0.05, 0) is 25.5 Å². The Morgan fingerprint density at radius 2 is 2.14 bits per heavy atom. The Hall–Kier alpha value is -2.28. The zero-order valence-corrected chi connectivity index (χ0v) is 11.5.